The molecule has 5 aromatic rings. The summed E-state index contributed by atoms with van der Waals surface area (Å²) < 4.78 is 14.6. The Balaban J connectivity index is 1.25. The topological polar surface area (TPSA) is 36.3 Å². The molecule has 0 aliphatic carbocycles. The van der Waals surface area contributed by atoms with Gasteiger partial charge in [0.05, 0.1) is 17.6 Å². The maximum atomic E-state index is 6.17. The van der Waals surface area contributed by atoms with Gasteiger partial charge in [0.2, 0.25) is 0 Å². The Kier molecular flexibility index (Phi) is 6.48. The number of benzene rings is 4. The number of nitrogens with zero attached hydrogens (tertiary/aromatic N) is 2. The van der Waals surface area contributed by atoms with E-state index in [4.69, 9.17) is 14.5 Å². The van der Waals surface area contributed by atoms with Crippen molar-refractivity contribution in [2.45, 2.75) is 39.8 Å². The molecule has 0 aliphatic heterocycles. The lowest BCUT2D eigenvalue weighted by Gasteiger charge is -2.13. The first kappa shape index (κ1) is 22.0. The minimum atomic E-state index is 0.436. The molecule has 4 heteroatoms. The van der Waals surface area contributed by atoms with Crippen LogP contribution in [0, 0.1) is 13.8 Å². The lowest BCUT2D eigenvalue weighted by atomic mass is 10.1. The van der Waals surface area contributed by atoms with Crippen LogP contribution in [0.1, 0.15) is 29.8 Å². The zero-order valence-corrected chi connectivity index (χ0v) is 19.8. The maximum Gasteiger partial charge on any atom is 0.147 e. The zero-order chi connectivity index (χ0) is 23.3. The number of aromatic nitrogens is 2. The van der Waals surface area contributed by atoms with Crippen LogP contribution < -0.4 is 9.47 Å². The van der Waals surface area contributed by atoms with Crippen molar-refractivity contribution in [3.05, 3.63) is 102 Å². The molecule has 0 fully saturated rings. The number of aryl methyl sites for hydroxylation is 3. The summed E-state index contributed by atoms with van der Waals surface area (Å²) >= 11 is 0. The van der Waals surface area contributed by atoms with E-state index in [0.717, 1.165) is 47.7 Å². The molecule has 0 amide bonds. The van der Waals surface area contributed by atoms with E-state index in [1.54, 1.807) is 0 Å². The SMILES string of the molecule is Cc1cccc(C)c1OCCCCn1c(COc2ccc3ccccc3c2)nc2ccccc21. The highest BCUT2D eigenvalue weighted by molar-refractivity contribution is 5.83. The number of imidazole rings is 1. The second-order valence-electron chi connectivity index (χ2n) is 8.74. The summed E-state index contributed by atoms with van der Waals surface area (Å²) in [5.41, 5.74) is 4.53. The fourth-order valence-corrected chi connectivity index (χ4v) is 4.46. The minimum absolute atomic E-state index is 0.436. The van der Waals surface area contributed by atoms with Gasteiger partial charge < -0.3 is 14.0 Å². The van der Waals surface area contributed by atoms with Gasteiger partial charge in [-0.05, 0) is 72.9 Å². The van der Waals surface area contributed by atoms with Gasteiger partial charge in [0, 0.05) is 6.54 Å². The van der Waals surface area contributed by atoms with E-state index in [1.807, 2.05) is 12.1 Å². The number of rotatable bonds is 9. The summed E-state index contributed by atoms with van der Waals surface area (Å²) in [6, 6.07) is 29.1. The summed E-state index contributed by atoms with van der Waals surface area (Å²) in [7, 11) is 0. The third-order valence-corrected chi connectivity index (χ3v) is 6.25. The molecule has 1 aromatic heterocycles. The van der Waals surface area contributed by atoms with Crippen molar-refractivity contribution in [2.75, 3.05) is 6.61 Å². The van der Waals surface area contributed by atoms with Crippen molar-refractivity contribution in [1.29, 1.82) is 0 Å². The lowest BCUT2D eigenvalue weighted by Crippen LogP contribution is -2.09. The van der Waals surface area contributed by atoms with E-state index >= 15 is 0 Å². The molecule has 4 nitrogen and oxygen atoms in total. The maximum absolute atomic E-state index is 6.17. The predicted octanol–water partition coefficient (Wildman–Crippen LogP) is 7.24. The Morgan fingerprint density at radius 2 is 1.50 bits per heavy atom. The molecule has 0 atom stereocenters. The fourth-order valence-electron chi connectivity index (χ4n) is 4.46. The van der Waals surface area contributed by atoms with E-state index in [9.17, 15) is 0 Å². The first-order chi connectivity index (χ1) is 16.7. The summed E-state index contributed by atoms with van der Waals surface area (Å²) in [6.07, 6.45) is 1.99. The zero-order valence-electron chi connectivity index (χ0n) is 19.8. The minimum Gasteiger partial charge on any atom is -0.493 e. The van der Waals surface area contributed by atoms with Crippen molar-refractivity contribution in [1.82, 2.24) is 9.55 Å². The number of para-hydroxylation sites is 3. The molecule has 0 N–H and O–H groups in total. The average molecular weight is 451 g/mol. The molecule has 4 aromatic carbocycles. The van der Waals surface area contributed by atoms with E-state index in [1.165, 1.54) is 21.9 Å². The molecule has 0 unspecified atom stereocenters. The number of ether oxygens (including phenoxy) is 2. The van der Waals surface area contributed by atoms with Gasteiger partial charge in [-0.15, -0.1) is 0 Å². The van der Waals surface area contributed by atoms with Crippen LogP contribution in [-0.2, 0) is 13.2 Å². The van der Waals surface area contributed by atoms with E-state index in [0.29, 0.717) is 13.2 Å². The van der Waals surface area contributed by atoms with Crippen LogP contribution in [0.2, 0.25) is 0 Å². The Labute approximate surface area is 200 Å². The monoisotopic (exact) mass is 450 g/mol. The van der Waals surface area contributed by atoms with Crippen LogP contribution >= 0.6 is 0 Å². The van der Waals surface area contributed by atoms with Gasteiger partial charge in [-0.25, -0.2) is 4.98 Å². The summed E-state index contributed by atoms with van der Waals surface area (Å²) in [6.45, 7) is 6.23. The first-order valence-corrected chi connectivity index (χ1v) is 11.9. The van der Waals surface area contributed by atoms with E-state index < -0.39 is 0 Å². The number of fused-ring (bicyclic) bond motifs is 2. The van der Waals surface area contributed by atoms with E-state index in [-0.39, 0.29) is 0 Å². The molecule has 5 rings (SSSR count). The molecule has 1 heterocycles. The number of unbranched alkanes of at least 4 members (excludes halogenated alkanes) is 1. The Hall–Kier alpha value is -3.79. The summed E-state index contributed by atoms with van der Waals surface area (Å²) in [5, 5.41) is 2.39. The second kappa shape index (κ2) is 10.0. The van der Waals surface area contributed by atoms with Gasteiger partial charge in [-0.1, -0.05) is 60.7 Å². The Morgan fingerprint density at radius 1 is 0.735 bits per heavy atom. The third kappa shape index (κ3) is 4.76. The van der Waals surface area contributed by atoms with Crippen molar-refractivity contribution in [2.24, 2.45) is 0 Å². The number of hydrogen-bond donors (Lipinski definition) is 0. The Morgan fingerprint density at radius 3 is 2.35 bits per heavy atom. The van der Waals surface area contributed by atoms with Crippen LogP contribution in [0.5, 0.6) is 11.5 Å². The van der Waals surface area contributed by atoms with Crippen LogP contribution in [0.25, 0.3) is 21.8 Å². The summed E-state index contributed by atoms with van der Waals surface area (Å²) in [5.74, 6) is 2.82. The van der Waals surface area contributed by atoms with Crippen molar-refractivity contribution >= 4 is 21.8 Å². The van der Waals surface area contributed by atoms with Crippen LogP contribution in [0.3, 0.4) is 0 Å². The quantitative estimate of drug-likeness (QED) is 0.222. The molecule has 0 radical (unpaired) electrons. The van der Waals surface area contributed by atoms with Crippen molar-refractivity contribution in [3.63, 3.8) is 0 Å². The van der Waals surface area contributed by atoms with Gasteiger partial charge in [0.25, 0.3) is 0 Å². The second-order valence-corrected chi connectivity index (χ2v) is 8.74. The van der Waals surface area contributed by atoms with Crippen LogP contribution in [0.15, 0.2) is 84.9 Å². The average Bonchev–Trinajstić information content (AvgIpc) is 3.21. The molecule has 0 bridgehead atoms. The van der Waals surface area contributed by atoms with E-state index in [2.05, 4.69) is 91.2 Å². The van der Waals surface area contributed by atoms with Gasteiger partial charge in [-0.2, -0.15) is 0 Å². The fraction of sp³-hybridized carbons (Fsp3) is 0.233. The third-order valence-electron chi connectivity index (χ3n) is 6.25. The van der Waals surface area contributed by atoms with Gasteiger partial charge in [-0.3, -0.25) is 0 Å². The molecule has 34 heavy (non-hydrogen) atoms. The normalized spacial score (nSPS) is 11.2. The molecule has 0 spiro atoms. The first-order valence-electron chi connectivity index (χ1n) is 11.9. The smallest absolute Gasteiger partial charge is 0.147 e. The largest absolute Gasteiger partial charge is 0.493 e. The van der Waals surface area contributed by atoms with Crippen LogP contribution in [-0.4, -0.2) is 16.2 Å². The molecular weight excluding hydrogens is 420 g/mol. The van der Waals surface area contributed by atoms with Gasteiger partial charge in [0.15, 0.2) is 0 Å². The van der Waals surface area contributed by atoms with Crippen LogP contribution in [0.4, 0.5) is 0 Å². The lowest BCUT2D eigenvalue weighted by molar-refractivity contribution is 0.284. The van der Waals surface area contributed by atoms with Gasteiger partial charge >= 0.3 is 0 Å². The standard InChI is InChI=1S/C30H30N2O2/c1-22-10-9-11-23(2)30(22)33-19-8-7-18-32-28-15-6-5-14-27(28)31-29(32)21-34-26-17-16-24-12-3-4-13-25(24)20-26/h3-6,9-17,20H,7-8,18-19,21H2,1-2H3. The van der Waals surface area contributed by atoms with Crippen molar-refractivity contribution in [3.8, 4) is 11.5 Å². The highest BCUT2D eigenvalue weighted by Crippen LogP contribution is 2.24. The highest BCUT2D eigenvalue weighted by Gasteiger charge is 2.11. The molecule has 0 saturated heterocycles. The Bertz CT molecular complexity index is 1400. The highest BCUT2D eigenvalue weighted by atomic mass is 16.5. The van der Waals surface area contributed by atoms with Crippen molar-refractivity contribution < 1.29 is 9.47 Å². The molecule has 0 aliphatic rings. The number of hydrogen-bond acceptors (Lipinski definition) is 3. The summed E-state index contributed by atoms with van der Waals surface area (Å²) in [4.78, 5) is 4.87. The van der Waals surface area contributed by atoms with Gasteiger partial charge in [0.1, 0.15) is 23.9 Å². The predicted molar refractivity (Wildman–Crippen MR) is 139 cm³/mol. The molecule has 0 saturated carbocycles. The molecule has 172 valence electrons. The molecular formula is C30H30N2O2.